The summed E-state index contributed by atoms with van der Waals surface area (Å²) in [6.45, 7) is 0.481. The van der Waals surface area contributed by atoms with Crippen molar-refractivity contribution in [3.05, 3.63) is 39.3 Å². The molecule has 0 fully saturated rings. The van der Waals surface area contributed by atoms with Crippen LogP contribution in [0.15, 0.2) is 33.6 Å². The summed E-state index contributed by atoms with van der Waals surface area (Å²) in [5, 5.41) is 1.97. The molecule has 0 N–H and O–H groups in total. The quantitative estimate of drug-likeness (QED) is 0.866. The number of hydrogen-bond donors (Lipinski definition) is 0. The van der Waals surface area contributed by atoms with E-state index in [4.69, 9.17) is 9.47 Å². The van der Waals surface area contributed by atoms with Gasteiger partial charge in [-0.05, 0) is 34.1 Å². The molecule has 0 aliphatic heterocycles. The SMILES string of the molecule is COc1ccc(OCc2cscn2)c(Br)c1. The minimum atomic E-state index is 0.481. The molecule has 0 aliphatic carbocycles. The fourth-order valence-corrected chi connectivity index (χ4v) is 2.20. The zero-order valence-corrected chi connectivity index (χ0v) is 11.0. The number of aromatic nitrogens is 1. The fourth-order valence-electron chi connectivity index (χ4n) is 1.19. The van der Waals surface area contributed by atoms with Crippen molar-refractivity contribution in [1.29, 1.82) is 0 Å². The molecule has 2 rings (SSSR count). The van der Waals surface area contributed by atoms with Gasteiger partial charge in [0, 0.05) is 5.38 Å². The summed E-state index contributed by atoms with van der Waals surface area (Å²) in [4.78, 5) is 4.15. The van der Waals surface area contributed by atoms with Crippen LogP contribution in [-0.4, -0.2) is 12.1 Å². The number of nitrogens with zero attached hydrogens (tertiary/aromatic N) is 1. The lowest BCUT2D eigenvalue weighted by Gasteiger charge is -2.08. The Kier molecular flexibility index (Phi) is 3.79. The van der Waals surface area contributed by atoms with Gasteiger partial charge < -0.3 is 9.47 Å². The summed E-state index contributed by atoms with van der Waals surface area (Å²) >= 11 is 4.99. The van der Waals surface area contributed by atoms with Crippen LogP contribution in [0.5, 0.6) is 11.5 Å². The molecule has 1 aromatic heterocycles. The van der Waals surface area contributed by atoms with Crippen molar-refractivity contribution in [3.63, 3.8) is 0 Å². The van der Waals surface area contributed by atoms with Gasteiger partial charge in [-0.15, -0.1) is 11.3 Å². The molecular weight excluding hydrogens is 290 g/mol. The Balaban J connectivity index is 2.04. The highest BCUT2D eigenvalue weighted by Crippen LogP contribution is 2.29. The zero-order chi connectivity index (χ0) is 11.4. The summed E-state index contributed by atoms with van der Waals surface area (Å²) in [6.07, 6.45) is 0. The lowest BCUT2D eigenvalue weighted by molar-refractivity contribution is 0.299. The minimum absolute atomic E-state index is 0.481. The average Bonchev–Trinajstić information content (AvgIpc) is 2.80. The summed E-state index contributed by atoms with van der Waals surface area (Å²) < 4.78 is 11.6. The van der Waals surface area contributed by atoms with E-state index in [9.17, 15) is 0 Å². The molecular formula is C11H10BrNO2S. The number of rotatable bonds is 4. The third kappa shape index (κ3) is 2.74. The standard InChI is InChI=1S/C11H10BrNO2S/c1-14-9-2-3-11(10(12)4-9)15-5-8-6-16-7-13-8/h2-4,6-7H,5H2,1H3. The van der Waals surface area contributed by atoms with Crippen LogP contribution < -0.4 is 9.47 Å². The second kappa shape index (κ2) is 5.32. The predicted molar refractivity (Wildman–Crippen MR) is 67.1 cm³/mol. The smallest absolute Gasteiger partial charge is 0.134 e. The Bertz CT molecular complexity index is 459. The summed E-state index contributed by atoms with van der Waals surface area (Å²) in [5.74, 6) is 1.58. The Morgan fingerprint density at radius 2 is 2.31 bits per heavy atom. The lowest BCUT2D eigenvalue weighted by Crippen LogP contribution is -1.96. The molecule has 16 heavy (non-hydrogen) atoms. The topological polar surface area (TPSA) is 31.4 Å². The van der Waals surface area contributed by atoms with Gasteiger partial charge in [-0.3, -0.25) is 0 Å². The fraction of sp³-hybridized carbons (Fsp3) is 0.182. The second-order valence-electron chi connectivity index (χ2n) is 3.06. The van der Waals surface area contributed by atoms with Crippen molar-refractivity contribution in [2.24, 2.45) is 0 Å². The summed E-state index contributed by atoms with van der Waals surface area (Å²) in [5.41, 5.74) is 2.73. The molecule has 5 heteroatoms. The number of hydrogen-bond acceptors (Lipinski definition) is 4. The molecule has 1 heterocycles. The number of thiazole rings is 1. The van der Waals surface area contributed by atoms with E-state index in [0.29, 0.717) is 6.61 Å². The van der Waals surface area contributed by atoms with E-state index >= 15 is 0 Å². The molecule has 0 spiro atoms. The van der Waals surface area contributed by atoms with Crippen molar-refractivity contribution in [2.75, 3.05) is 7.11 Å². The van der Waals surface area contributed by atoms with Crippen molar-refractivity contribution in [2.45, 2.75) is 6.61 Å². The zero-order valence-electron chi connectivity index (χ0n) is 8.64. The molecule has 0 bridgehead atoms. The van der Waals surface area contributed by atoms with Gasteiger partial charge in [-0.2, -0.15) is 0 Å². The first kappa shape index (κ1) is 11.4. The Labute approximate surface area is 106 Å². The molecule has 3 nitrogen and oxygen atoms in total. The Morgan fingerprint density at radius 1 is 1.44 bits per heavy atom. The van der Waals surface area contributed by atoms with Crippen molar-refractivity contribution in [1.82, 2.24) is 4.98 Å². The lowest BCUT2D eigenvalue weighted by atomic mass is 10.3. The molecule has 0 saturated heterocycles. The molecule has 0 radical (unpaired) electrons. The normalized spacial score (nSPS) is 10.1. The number of benzene rings is 1. The van der Waals surface area contributed by atoms with Crippen molar-refractivity contribution < 1.29 is 9.47 Å². The predicted octanol–water partition coefficient (Wildman–Crippen LogP) is 3.49. The molecule has 84 valence electrons. The first-order chi connectivity index (χ1) is 7.79. The largest absolute Gasteiger partial charge is 0.497 e. The maximum Gasteiger partial charge on any atom is 0.134 e. The number of ether oxygens (including phenoxy) is 2. The van der Waals surface area contributed by atoms with Crippen molar-refractivity contribution in [3.8, 4) is 11.5 Å². The van der Waals surface area contributed by atoms with Crippen LogP contribution in [-0.2, 0) is 6.61 Å². The average molecular weight is 300 g/mol. The first-order valence-corrected chi connectivity index (χ1v) is 6.36. The first-order valence-electron chi connectivity index (χ1n) is 4.63. The minimum Gasteiger partial charge on any atom is -0.497 e. The van der Waals surface area contributed by atoms with E-state index in [0.717, 1.165) is 21.7 Å². The maximum atomic E-state index is 5.62. The Morgan fingerprint density at radius 3 is 2.94 bits per heavy atom. The van der Waals surface area contributed by atoms with E-state index in [1.807, 2.05) is 23.6 Å². The third-order valence-corrected chi connectivity index (χ3v) is 3.25. The Hall–Kier alpha value is -1.07. The van der Waals surface area contributed by atoms with Crippen LogP contribution >= 0.6 is 27.3 Å². The van der Waals surface area contributed by atoms with Crippen LogP contribution in [0.4, 0.5) is 0 Å². The van der Waals surface area contributed by atoms with Crippen LogP contribution in [0.2, 0.25) is 0 Å². The van der Waals surface area contributed by atoms with Crippen molar-refractivity contribution >= 4 is 27.3 Å². The van der Waals surface area contributed by atoms with Gasteiger partial charge in [0.05, 0.1) is 22.8 Å². The third-order valence-electron chi connectivity index (χ3n) is 2.00. The molecule has 0 aliphatic rings. The van der Waals surface area contributed by atoms with E-state index in [-0.39, 0.29) is 0 Å². The van der Waals surface area contributed by atoms with E-state index in [1.165, 1.54) is 0 Å². The van der Waals surface area contributed by atoms with Crippen LogP contribution in [0.3, 0.4) is 0 Å². The second-order valence-corrected chi connectivity index (χ2v) is 4.64. The van der Waals surface area contributed by atoms with Gasteiger partial charge in [0.1, 0.15) is 18.1 Å². The van der Waals surface area contributed by atoms with E-state index in [1.54, 1.807) is 24.0 Å². The number of halogens is 1. The van der Waals surface area contributed by atoms with Gasteiger partial charge in [0.15, 0.2) is 0 Å². The monoisotopic (exact) mass is 299 g/mol. The molecule has 2 aromatic rings. The van der Waals surface area contributed by atoms with Crippen LogP contribution in [0.1, 0.15) is 5.69 Å². The summed E-state index contributed by atoms with van der Waals surface area (Å²) in [6, 6.07) is 5.60. The van der Waals surface area contributed by atoms with Gasteiger partial charge in [-0.1, -0.05) is 0 Å². The highest BCUT2D eigenvalue weighted by molar-refractivity contribution is 9.10. The maximum absolute atomic E-state index is 5.62. The molecule has 0 unspecified atom stereocenters. The van der Waals surface area contributed by atoms with Crippen LogP contribution in [0, 0.1) is 0 Å². The molecule has 0 amide bonds. The van der Waals surface area contributed by atoms with E-state index in [2.05, 4.69) is 20.9 Å². The highest BCUT2D eigenvalue weighted by Gasteiger charge is 2.04. The van der Waals surface area contributed by atoms with Gasteiger partial charge >= 0.3 is 0 Å². The van der Waals surface area contributed by atoms with E-state index < -0.39 is 0 Å². The van der Waals surface area contributed by atoms with Gasteiger partial charge in [-0.25, -0.2) is 4.98 Å². The molecule has 0 saturated carbocycles. The summed E-state index contributed by atoms with van der Waals surface area (Å²) in [7, 11) is 1.64. The van der Waals surface area contributed by atoms with Gasteiger partial charge in [0.2, 0.25) is 0 Å². The van der Waals surface area contributed by atoms with Gasteiger partial charge in [0.25, 0.3) is 0 Å². The molecule has 0 atom stereocenters. The molecule has 1 aromatic carbocycles. The highest BCUT2D eigenvalue weighted by atomic mass is 79.9. The van der Waals surface area contributed by atoms with Crippen LogP contribution in [0.25, 0.3) is 0 Å². The number of methoxy groups -OCH3 is 1.